The van der Waals surface area contributed by atoms with Crippen molar-refractivity contribution in [3.05, 3.63) is 114 Å². The number of para-hydroxylation sites is 1. The predicted molar refractivity (Wildman–Crippen MR) is 129 cm³/mol. The van der Waals surface area contributed by atoms with Gasteiger partial charge in [0.25, 0.3) is 5.91 Å². The van der Waals surface area contributed by atoms with Gasteiger partial charge < -0.3 is 14.5 Å². The fraction of sp³-hybridized carbons (Fsp3) is 0.115. The van der Waals surface area contributed by atoms with E-state index in [1.54, 1.807) is 30.3 Å². The van der Waals surface area contributed by atoms with Gasteiger partial charge in [-0.15, -0.1) is 0 Å². The molecule has 3 aromatic carbocycles. The zero-order valence-electron chi connectivity index (χ0n) is 18.3. The maximum absolute atomic E-state index is 12.9. The minimum Gasteiger partial charge on any atom is -0.492 e. The lowest BCUT2D eigenvalue weighted by Gasteiger charge is -2.12. The molecule has 4 aromatic rings. The van der Waals surface area contributed by atoms with Crippen LogP contribution in [0.5, 0.6) is 5.75 Å². The molecular formula is C26H24N2O5S. The van der Waals surface area contributed by atoms with Crippen molar-refractivity contribution in [2.75, 3.05) is 11.9 Å². The van der Waals surface area contributed by atoms with Gasteiger partial charge in [-0.25, -0.2) is 13.1 Å². The third-order valence-electron chi connectivity index (χ3n) is 5.06. The molecule has 0 spiro atoms. The molecule has 0 aliphatic carbocycles. The lowest BCUT2D eigenvalue weighted by Crippen LogP contribution is -2.23. The van der Waals surface area contributed by atoms with E-state index in [0.717, 1.165) is 12.0 Å². The average Bonchev–Trinajstić information content (AvgIpc) is 3.38. The van der Waals surface area contributed by atoms with Crippen molar-refractivity contribution in [2.45, 2.75) is 17.9 Å². The van der Waals surface area contributed by atoms with E-state index in [4.69, 9.17) is 9.15 Å². The van der Waals surface area contributed by atoms with Crippen LogP contribution in [0.3, 0.4) is 0 Å². The van der Waals surface area contributed by atoms with Crippen molar-refractivity contribution in [3.8, 4) is 5.75 Å². The quantitative estimate of drug-likeness (QED) is 0.348. The van der Waals surface area contributed by atoms with Crippen LogP contribution in [0.15, 0.2) is 107 Å². The van der Waals surface area contributed by atoms with Crippen LogP contribution in [0.4, 0.5) is 5.69 Å². The molecule has 0 radical (unpaired) electrons. The Balaban J connectivity index is 1.37. The second kappa shape index (κ2) is 10.8. The number of anilines is 1. The van der Waals surface area contributed by atoms with E-state index >= 15 is 0 Å². The molecule has 0 bridgehead atoms. The first kappa shape index (κ1) is 23.3. The maximum Gasteiger partial charge on any atom is 0.259 e. The van der Waals surface area contributed by atoms with Crippen molar-refractivity contribution in [3.63, 3.8) is 0 Å². The highest BCUT2D eigenvalue weighted by Crippen LogP contribution is 2.21. The summed E-state index contributed by atoms with van der Waals surface area (Å²) in [5.74, 6) is 0.649. The lowest BCUT2D eigenvalue weighted by atomic mass is 10.1. The first-order valence-corrected chi connectivity index (χ1v) is 12.2. The van der Waals surface area contributed by atoms with Crippen molar-refractivity contribution in [1.29, 1.82) is 0 Å². The van der Waals surface area contributed by atoms with E-state index in [2.05, 4.69) is 10.0 Å². The van der Waals surface area contributed by atoms with Crippen molar-refractivity contribution < 1.29 is 22.4 Å². The summed E-state index contributed by atoms with van der Waals surface area (Å²) >= 11 is 0. The van der Waals surface area contributed by atoms with E-state index in [9.17, 15) is 13.2 Å². The molecule has 0 saturated carbocycles. The number of sulfonamides is 1. The van der Waals surface area contributed by atoms with Gasteiger partial charge in [0.2, 0.25) is 10.0 Å². The zero-order chi connectivity index (χ0) is 23.8. The summed E-state index contributed by atoms with van der Waals surface area (Å²) in [6.07, 6.45) is 2.20. The first-order valence-electron chi connectivity index (χ1n) is 10.7. The fourth-order valence-electron chi connectivity index (χ4n) is 3.28. The molecule has 0 fully saturated rings. The third kappa shape index (κ3) is 6.12. The number of furan rings is 1. The van der Waals surface area contributed by atoms with Gasteiger partial charge in [0.1, 0.15) is 11.5 Å². The number of nitrogens with one attached hydrogen (secondary N) is 2. The Morgan fingerprint density at radius 1 is 0.853 bits per heavy atom. The van der Waals surface area contributed by atoms with Gasteiger partial charge in [0.15, 0.2) is 0 Å². The highest BCUT2D eigenvalue weighted by Gasteiger charge is 2.16. The number of benzene rings is 3. The number of carbonyl (C=O) groups is 1. The van der Waals surface area contributed by atoms with Gasteiger partial charge in [0.05, 0.1) is 29.9 Å². The average molecular weight is 477 g/mol. The minimum atomic E-state index is -3.72. The van der Waals surface area contributed by atoms with Crippen LogP contribution < -0.4 is 14.8 Å². The smallest absolute Gasteiger partial charge is 0.259 e. The standard InChI is InChI=1S/C26H24N2O5S/c29-26(24-10-4-5-11-25(24)33-18-16-20-7-2-1-3-8-20)28-21-12-14-23(15-13-21)34(30,31)27-19-22-9-6-17-32-22/h1-15,17,27H,16,18-19H2,(H,28,29). The first-order chi connectivity index (χ1) is 16.5. The Morgan fingerprint density at radius 3 is 2.32 bits per heavy atom. The van der Waals surface area contributed by atoms with Gasteiger partial charge in [-0.2, -0.15) is 0 Å². The van der Waals surface area contributed by atoms with E-state index in [0.29, 0.717) is 29.4 Å². The van der Waals surface area contributed by atoms with Gasteiger partial charge in [-0.05, 0) is 54.1 Å². The van der Waals surface area contributed by atoms with Gasteiger partial charge in [0, 0.05) is 12.1 Å². The van der Waals surface area contributed by atoms with Crippen molar-refractivity contribution in [2.24, 2.45) is 0 Å². The zero-order valence-corrected chi connectivity index (χ0v) is 19.1. The Labute approximate surface area is 198 Å². The van der Waals surface area contributed by atoms with Crippen LogP contribution in [0, 0.1) is 0 Å². The summed E-state index contributed by atoms with van der Waals surface area (Å²) in [6.45, 7) is 0.487. The summed E-state index contributed by atoms with van der Waals surface area (Å²) in [4.78, 5) is 12.9. The molecule has 1 amide bonds. The number of carbonyl (C=O) groups excluding carboxylic acids is 1. The molecule has 2 N–H and O–H groups in total. The van der Waals surface area contributed by atoms with Crippen LogP contribution >= 0.6 is 0 Å². The molecule has 4 rings (SSSR count). The normalized spacial score (nSPS) is 11.2. The molecule has 34 heavy (non-hydrogen) atoms. The molecule has 0 unspecified atom stereocenters. The predicted octanol–water partition coefficient (Wildman–Crippen LogP) is 4.63. The Hall–Kier alpha value is -3.88. The number of rotatable bonds is 10. The Bertz CT molecular complexity index is 1320. The molecule has 174 valence electrons. The number of hydrogen-bond donors (Lipinski definition) is 2. The second-order valence-corrected chi connectivity index (χ2v) is 9.23. The largest absolute Gasteiger partial charge is 0.492 e. The van der Waals surface area contributed by atoms with Crippen molar-refractivity contribution in [1.82, 2.24) is 4.72 Å². The lowest BCUT2D eigenvalue weighted by molar-refractivity contribution is 0.102. The molecule has 0 atom stereocenters. The highest BCUT2D eigenvalue weighted by atomic mass is 32.2. The van der Waals surface area contributed by atoms with Crippen LogP contribution in [0.2, 0.25) is 0 Å². The molecule has 8 heteroatoms. The van der Waals surface area contributed by atoms with Crippen LogP contribution in [0.1, 0.15) is 21.7 Å². The van der Waals surface area contributed by atoms with E-state index in [-0.39, 0.29) is 17.3 Å². The SMILES string of the molecule is O=C(Nc1ccc(S(=O)(=O)NCc2ccco2)cc1)c1ccccc1OCCc1ccccc1. The van der Waals surface area contributed by atoms with Gasteiger partial charge in [-0.3, -0.25) is 4.79 Å². The minimum absolute atomic E-state index is 0.0505. The van der Waals surface area contributed by atoms with Gasteiger partial charge >= 0.3 is 0 Å². The summed E-state index contributed by atoms with van der Waals surface area (Å²) in [6, 6.07) is 26.3. The Kier molecular flexibility index (Phi) is 7.41. The molecular weight excluding hydrogens is 452 g/mol. The molecule has 0 aliphatic rings. The molecule has 0 aliphatic heterocycles. The summed E-state index contributed by atoms with van der Waals surface area (Å²) < 4.78 is 38.4. The van der Waals surface area contributed by atoms with E-state index < -0.39 is 10.0 Å². The summed E-state index contributed by atoms with van der Waals surface area (Å²) in [7, 11) is -3.72. The fourth-order valence-corrected chi connectivity index (χ4v) is 4.28. The number of ether oxygens (including phenoxy) is 1. The molecule has 1 aromatic heterocycles. The van der Waals surface area contributed by atoms with Crippen molar-refractivity contribution >= 4 is 21.6 Å². The van der Waals surface area contributed by atoms with Crippen LogP contribution in [-0.4, -0.2) is 20.9 Å². The van der Waals surface area contributed by atoms with Crippen LogP contribution in [-0.2, 0) is 23.0 Å². The Morgan fingerprint density at radius 2 is 1.59 bits per heavy atom. The van der Waals surface area contributed by atoms with Gasteiger partial charge in [-0.1, -0.05) is 42.5 Å². The monoisotopic (exact) mass is 476 g/mol. The van der Waals surface area contributed by atoms with Crippen LogP contribution in [0.25, 0.3) is 0 Å². The summed E-state index contributed by atoms with van der Waals surface area (Å²) in [5, 5.41) is 2.79. The number of hydrogen-bond acceptors (Lipinski definition) is 5. The highest BCUT2D eigenvalue weighted by molar-refractivity contribution is 7.89. The number of amides is 1. The summed E-state index contributed by atoms with van der Waals surface area (Å²) in [5.41, 5.74) is 2.01. The molecule has 1 heterocycles. The molecule has 0 saturated heterocycles. The second-order valence-electron chi connectivity index (χ2n) is 7.46. The maximum atomic E-state index is 12.9. The third-order valence-corrected chi connectivity index (χ3v) is 6.48. The molecule has 7 nitrogen and oxygen atoms in total. The topological polar surface area (TPSA) is 97.6 Å². The van der Waals surface area contributed by atoms with E-state index in [1.165, 1.54) is 30.5 Å². The van der Waals surface area contributed by atoms with E-state index in [1.807, 2.05) is 36.4 Å².